The Hall–Kier alpha value is -2.48. The van der Waals surface area contributed by atoms with Crippen LogP contribution >= 0.6 is 38.9 Å². The van der Waals surface area contributed by atoms with Crippen molar-refractivity contribution in [3.8, 4) is 0 Å². The molecule has 138 valence electrons. The molecule has 1 aliphatic rings. The fraction of sp³-hybridized carbons (Fsp3) is 0.0500. The van der Waals surface area contributed by atoms with Gasteiger partial charge in [0.05, 0.1) is 17.0 Å². The zero-order valence-corrected chi connectivity index (χ0v) is 17.2. The zero-order valence-electron chi connectivity index (χ0n) is 14.1. The standard InChI is InChI=1S/C20H10BrClN2O3S/c21-11-3-6-14-13(9-11)17(25)15-16(10-1-4-12(22)5-2-10)24(19(26)18(15)27-14)20-23-7-8-28-20/h1-9,16H/t16-/m0/s1. The first-order valence-corrected chi connectivity index (χ1v) is 10.3. The minimum Gasteiger partial charge on any atom is -0.450 e. The second kappa shape index (κ2) is 6.55. The first-order chi connectivity index (χ1) is 13.5. The molecule has 2 aromatic carbocycles. The molecule has 5 rings (SSSR count). The lowest BCUT2D eigenvalue weighted by molar-refractivity contribution is 0.0971. The van der Waals surface area contributed by atoms with Crippen LogP contribution in [0, 0.1) is 0 Å². The number of hydrogen-bond acceptors (Lipinski definition) is 5. The van der Waals surface area contributed by atoms with Crippen molar-refractivity contribution in [1.82, 2.24) is 4.98 Å². The van der Waals surface area contributed by atoms with Gasteiger partial charge in [0.15, 0.2) is 10.6 Å². The van der Waals surface area contributed by atoms with Crippen molar-refractivity contribution in [2.45, 2.75) is 6.04 Å². The van der Waals surface area contributed by atoms with Crippen LogP contribution in [0.25, 0.3) is 11.0 Å². The smallest absolute Gasteiger partial charge is 0.297 e. The lowest BCUT2D eigenvalue weighted by Gasteiger charge is -2.22. The number of carbonyl (C=O) groups is 1. The third-order valence-electron chi connectivity index (χ3n) is 4.64. The molecule has 1 amide bonds. The second-order valence-corrected chi connectivity index (χ2v) is 8.48. The molecule has 8 heteroatoms. The SMILES string of the molecule is O=C1c2oc3ccc(Br)cc3c(=O)c2[C@H](c2ccc(Cl)cc2)N1c1nccs1. The fourth-order valence-corrected chi connectivity index (χ4v) is 4.59. The van der Waals surface area contributed by atoms with Crippen molar-refractivity contribution in [2.75, 3.05) is 4.90 Å². The van der Waals surface area contributed by atoms with Crippen LogP contribution in [0.4, 0.5) is 5.13 Å². The summed E-state index contributed by atoms with van der Waals surface area (Å²) in [4.78, 5) is 32.4. The first-order valence-electron chi connectivity index (χ1n) is 8.29. The molecular formula is C20H10BrClN2O3S. The number of anilines is 1. The van der Waals surface area contributed by atoms with E-state index in [1.165, 1.54) is 16.2 Å². The molecule has 1 atom stereocenters. The molecule has 0 saturated heterocycles. The van der Waals surface area contributed by atoms with Crippen molar-refractivity contribution < 1.29 is 9.21 Å². The summed E-state index contributed by atoms with van der Waals surface area (Å²) < 4.78 is 6.66. The molecule has 0 unspecified atom stereocenters. The average Bonchev–Trinajstić information content (AvgIpc) is 3.30. The monoisotopic (exact) mass is 472 g/mol. The van der Waals surface area contributed by atoms with Crippen LogP contribution in [-0.4, -0.2) is 10.9 Å². The Labute approximate surface area is 176 Å². The fourth-order valence-electron chi connectivity index (χ4n) is 3.44. The maximum atomic E-state index is 13.4. The van der Waals surface area contributed by atoms with Crippen LogP contribution in [-0.2, 0) is 0 Å². The number of amides is 1. The summed E-state index contributed by atoms with van der Waals surface area (Å²) in [6, 6.07) is 11.6. The van der Waals surface area contributed by atoms with Gasteiger partial charge in [0, 0.05) is 21.1 Å². The molecule has 28 heavy (non-hydrogen) atoms. The van der Waals surface area contributed by atoms with Gasteiger partial charge in [-0.05, 0) is 35.9 Å². The molecule has 1 aliphatic heterocycles. The normalized spacial score (nSPS) is 16.0. The highest BCUT2D eigenvalue weighted by Crippen LogP contribution is 2.42. The predicted octanol–water partition coefficient (Wildman–Crippen LogP) is 5.42. The van der Waals surface area contributed by atoms with Crippen molar-refractivity contribution in [2.24, 2.45) is 0 Å². The van der Waals surface area contributed by atoms with Gasteiger partial charge < -0.3 is 4.42 Å². The average molecular weight is 474 g/mol. The maximum Gasteiger partial charge on any atom is 0.297 e. The summed E-state index contributed by atoms with van der Waals surface area (Å²) in [6.45, 7) is 0. The molecule has 5 nitrogen and oxygen atoms in total. The number of carbonyl (C=O) groups excluding carboxylic acids is 1. The minimum absolute atomic E-state index is 0.0509. The summed E-state index contributed by atoms with van der Waals surface area (Å²) in [6.07, 6.45) is 1.62. The third-order valence-corrected chi connectivity index (χ3v) is 6.16. The van der Waals surface area contributed by atoms with Crippen LogP contribution in [0.5, 0.6) is 0 Å². The number of fused-ring (bicyclic) bond motifs is 2. The first kappa shape index (κ1) is 17.6. The number of rotatable bonds is 2. The minimum atomic E-state index is -0.634. The summed E-state index contributed by atoms with van der Waals surface area (Å²) in [5.41, 5.74) is 1.21. The largest absolute Gasteiger partial charge is 0.450 e. The number of nitrogens with zero attached hydrogens (tertiary/aromatic N) is 2. The Balaban J connectivity index is 1.83. The van der Waals surface area contributed by atoms with Crippen LogP contribution in [0.2, 0.25) is 5.02 Å². The lowest BCUT2D eigenvalue weighted by Crippen LogP contribution is -2.29. The number of benzene rings is 2. The molecular weight excluding hydrogens is 464 g/mol. The Kier molecular flexibility index (Phi) is 4.12. The molecule has 0 saturated carbocycles. The van der Waals surface area contributed by atoms with E-state index in [2.05, 4.69) is 20.9 Å². The van der Waals surface area contributed by atoms with Gasteiger partial charge >= 0.3 is 0 Å². The van der Waals surface area contributed by atoms with Gasteiger partial charge in [0.2, 0.25) is 5.76 Å². The molecule has 0 aliphatic carbocycles. The maximum absolute atomic E-state index is 13.4. The van der Waals surface area contributed by atoms with Crippen LogP contribution in [0.1, 0.15) is 27.7 Å². The Morgan fingerprint density at radius 1 is 1.14 bits per heavy atom. The number of thiazole rings is 1. The highest BCUT2D eigenvalue weighted by atomic mass is 79.9. The summed E-state index contributed by atoms with van der Waals surface area (Å²) in [5, 5.41) is 3.28. The van der Waals surface area contributed by atoms with Gasteiger partial charge in [0.25, 0.3) is 5.91 Å². The summed E-state index contributed by atoms with van der Waals surface area (Å²) in [7, 11) is 0. The number of halogens is 2. The van der Waals surface area contributed by atoms with E-state index >= 15 is 0 Å². The lowest BCUT2D eigenvalue weighted by atomic mass is 9.99. The Morgan fingerprint density at radius 3 is 2.64 bits per heavy atom. The summed E-state index contributed by atoms with van der Waals surface area (Å²) in [5.74, 6) is -0.332. The van der Waals surface area contributed by atoms with E-state index in [1.807, 2.05) is 0 Å². The second-order valence-electron chi connectivity index (χ2n) is 6.26. The van der Waals surface area contributed by atoms with Crippen LogP contribution in [0.3, 0.4) is 0 Å². The molecule has 0 N–H and O–H groups in total. The number of aromatic nitrogens is 1. The van der Waals surface area contributed by atoms with Crippen LogP contribution < -0.4 is 10.3 Å². The Morgan fingerprint density at radius 2 is 1.93 bits per heavy atom. The van der Waals surface area contributed by atoms with Gasteiger partial charge in [-0.1, -0.05) is 39.7 Å². The van der Waals surface area contributed by atoms with E-state index in [0.29, 0.717) is 26.7 Å². The van der Waals surface area contributed by atoms with Gasteiger partial charge in [-0.25, -0.2) is 4.98 Å². The van der Waals surface area contributed by atoms with Gasteiger partial charge in [-0.3, -0.25) is 14.5 Å². The quantitative estimate of drug-likeness (QED) is 0.390. The highest BCUT2D eigenvalue weighted by molar-refractivity contribution is 9.10. The van der Waals surface area contributed by atoms with E-state index in [1.54, 1.807) is 54.0 Å². The van der Waals surface area contributed by atoms with Gasteiger partial charge in [0.1, 0.15) is 5.58 Å². The van der Waals surface area contributed by atoms with E-state index in [9.17, 15) is 9.59 Å². The third kappa shape index (κ3) is 2.62. The van der Waals surface area contributed by atoms with Gasteiger partial charge in [-0.15, -0.1) is 11.3 Å². The summed E-state index contributed by atoms with van der Waals surface area (Å²) >= 11 is 10.7. The molecule has 0 spiro atoms. The number of hydrogen-bond donors (Lipinski definition) is 0. The van der Waals surface area contributed by atoms with E-state index in [-0.39, 0.29) is 17.1 Å². The van der Waals surface area contributed by atoms with E-state index in [0.717, 1.165) is 10.0 Å². The van der Waals surface area contributed by atoms with E-state index in [4.69, 9.17) is 16.0 Å². The van der Waals surface area contributed by atoms with Crippen molar-refractivity contribution in [3.63, 3.8) is 0 Å². The molecule has 0 bridgehead atoms. The zero-order chi connectivity index (χ0) is 19.4. The van der Waals surface area contributed by atoms with Crippen LogP contribution in [0.15, 0.2) is 67.7 Å². The molecule has 2 aromatic heterocycles. The van der Waals surface area contributed by atoms with Crippen molar-refractivity contribution in [3.05, 3.63) is 90.6 Å². The highest BCUT2D eigenvalue weighted by Gasteiger charge is 2.44. The Bertz CT molecular complexity index is 1290. The van der Waals surface area contributed by atoms with Crippen molar-refractivity contribution in [1.29, 1.82) is 0 Å². The molecule has 4 aromatic rings. The molecule has 0 radical (unpaired) electrons. The molecule has 3 heterocycles. The van der Waals surface area contributed by atoms with Crippen molar-refractivity contribution >= 4 is 60.9 Å². The van der Waals surface area contributed by atoms with Gasteiger partial charge in [-0.2, -0.15) is 0 Å². The van der Waals surface area contributed by atoms with E-state index < -0.39 is 6.04 Å². The predicted molar refractivity (Wildman–Crippen MR) is 112 cm³/mol. The molecule has 0 fully saturated rings. The topological polar surface area (TPSA) is 63.4 Å².